The Bertz CT molecular complexity index is 745. The number of hydrogen-bond acceptors (Lipinski definition) is 5. The van der Waals surface area contributed by atoms with Gasteiger partial charge >= 0.3 is 0 Å². The fourth-order valence-electron chi connectivity index (χ4n) is 3.13. The van der Waals surface area contributed by atoms with E-state index in [1.54, 1.807) is 6.07 Å². The Morgan fingerprint density at radius 3 is 2.40 bits per heavy atom. The van der Waals surface area contributed by atoms with Crippen molar-refractivity contribution < 1.29 is 0 Å². The molecule has 0 saturated carbocycles. The van der Waals surface area contributed by atoms with Crippen molar-refractivity contribution in [2.45, 2.75) is 13.3 Å². The van der Waals surface area contributed by atoms with Crippen LogP contribution in [0.3, 0.4) is 0 Å². The first-order valence-electron chi connectivity index (χ1n) is 8.89. The van der Waals surface area contributed by atoms with Crippen molar-refractivity contribution in [3.8, 4) is 0 Å². The van der Waals surface area contributed by atoms with Gasteiger partial charge in [-0.3, -0.25) is 9.78 Å². The summed E-state index contributed by atoms with van der Waals surface area (Å²) < 4.78 is 0. The summed E-state index contributed by atoms with van der Waals surface area (Å²) in [5.41, 5.74) is 3.06. The Morgan fingerprint density at radius 2 is 1.80 bits per heavy atom. The number of likely N-dealkylation sites (N-methyl/N-ethyl adjacent to an activating group) is 1. The summed E-state index contributed by atoms with van der Waals surface area (Å²) >= 11 is 0. The molecular weight excluding hydrogens is 314 g/mol. The summed E-state index contributed by atoms with van der Waals surface area (Å²) in [5.74, 6) is 0.697. The third-order valence-electron chi connectivity index (χ3n) is 4.74. The molecule has 0 aliphatic carbocycles. The number of aromatic nitrogens is 2. The summed E-state index contributed by atoms with van der Waals surface area (Å²) in [4.78, 5) is 26.3. The van der Waals surface area contributed by atoms with Crippen LogP contribution < -0.4 is 15.4 Å². The Hall–Kier alpha value is -2.34. The molecule has 1 aliphatic rings. The van der Waals surface area contributed by atoms with Crippen LogP contribution in [-0.2, 0) is 6.42 Å². The van der Waals surface area contributed by atoms with E-state index in [1.807, 2.05) is 14.1 Å². The number of nitrogens with one attached hydrogen (secondary N) is 1. The smallest absolute Gasteiger partial charge is 0.252 e. The predicted molar refractivity (Wildman–Crippen MR) is 103 cm³/mol. The maximum atomic E-state index is 12.1. The molecule has 6 nitrogen and oxygen atoms in total. The summed E-state index contributed by atoms with van der Waals surface area (Å²) in [7, 11) is 4.05. The van der Waals surface area contributed by atoms with Crippen molar-refractivity contribution in [3.05, 3.63) is 51.9 Å². The molecule has 134 valence electrons. The molecule has 0 atom stereocenters. The second-order valence-corrected chi connectivity index (χ2v) is 6.72. The maximum Gasteiger partial charge on any atom is 0.252 e. The molecule has 1 aromatic carbocycles. The molecule has 0 bridgehead atoms. The van der Waals surface area contributed by atoms with Crippen molar-refractivity contribution in [2.24, 2.45) is 0 Å². The minimum absolute atomic E-state index is 0.0807. The number of rotatable bonds is 5. The molecule has 0 spiro atoms. The zero-order chi connectivity index (χ0) is 17.8. The molecule has 1 saturated heterocycles. The zero-order valence-corrected chi connectivity index (χ0v) is 15.3. The standard InChI is InChI=1S/C19H27N5O/c1-4-23-9-11-24(12-10-23)19-20-16(14-18(25)21-19)13-15-5-7-17(8-6-15)22(2)3/h5-8,14H,4,9-13H2,1-3H3,(H,20,21,25). The van der Waals surface area contributed by atoms with E-state index in [0.29, 0.717) is 12.4 Å². The first-order chi connectivity index (χ1) is 12.0. The van der Waals surface area contributed by atoms with Crippen molar-refractivity contribution >= 4 is 11.6 Å². The monoisotopic (exact) mass is 341 g/mol. The zero-order valence-electron chi connectivity index (χ0n) is 15.3. The largest absolute Gasteiger partial charge is 0.378 e. The molecule has 0 unspecified atom stereocenters. The van der Waals surface area contributed by atoms with Crippen molar-refractivity contribution in [3.63, 3.8) is 0 Å². The topological polar surface area (TPSA) is 55.5 Å². The van der Waals surface area contributed by atoms with E-state index in [-0.39, 0.29) is 5.56 Å². The van der Waals surface area contributed by atoms with Gasteiger partial charge in [-0.25, -0.2) is 4.98 Å². The lowest BCUT2D eigenvalue weighted by Gasteiger charge is -2.34. The molecule has 3 rings (SSSR count). The number of anilines is 2. The first-order valence-corrected chi connectivity index (χ1v) is 8.89. The Kier molecular flexibility index (Phi) is 5.38. The lowest BCUT2D eigenvalue weighted by atomic mass is 10.1. The third kappa shape index (κ3) is 4.39. The van der Waals surface area contributed by atoms with E-state index in [0.717, 1.165) is 49.7 Å². The second kappa shape index (κ2) is 7.70. The van der Waals surface area contributed by atoms with Gasteiger partial charge in [0.1, 0.15) is 0 Å². The van der Waals surface area contributed by atoms with Gasteiger partial charge in [0, 0.05) is 58.4 Å². The summed E-state index contributed by atoms with van der Waals surface area (Å²) in [6, 6.07) is 9.97. The minimum atomic E-state index is -0.0807. The van der Waals surface area contributed by atoms with Gasteiger partial charge in [0.05, 0.1) is 5.69 Å². The van der Waals surface area contributed by atoms with Crippen LogP contribution in [0.1, 0.15) is 18.2 Å². The van der Waals surface area contributed by atoms with Gasteiger partial charge in [-0.1, -0.05) is 19.1 Å². The van der Waals surface area contributed by atoms with E-state index in [9.17, 15) is 4.79 Å². The van der Waals surface area contributed by atoms with Crippen LogP contribution in [0, 0.1) is 0 Å². The van der Waals surface area contributed by atoms with Crippen molar-refractivity contribution in [1.29, 1.82) is 0 Å². The van der Waals surface area contributed by atoms with Crippen LogP contribution in [0.4, 0.5) is 11.6 Å². The summed E-state index contributed by atoms with van der Waals surface area (Å²) in [6.45, 7) is 7.07. The Balaban J connectivity index is 1.74. The normalized spacial score (nSPS) is 15.4. The molecule has 1 N–H and O–H groups in total. The molecule has 1 aromatic heterocycles. The van der Waals surface area contributed by atoms with Crippen LogP contribution >= 0.6 is 0 Å². The molecule has 1 fully saturated rings. The van der Waals surface area contributed by atoms with Gasteiger partial charge in [0.2, 0.25) is 5.95 Å². The Morgan fingerprint density at radius 1 is 1.12 bits per heavy atom. The second-order valence-electron chi connectivity index (χ2n) is 6.72. The average Bonchev–Trinajstić information content (AvgIpc) is 2.62. The SMILES string of the molecule is CCN1CCN(c2nc(Cc3ccc(N(C)C)cc3)cc(=O)[nH]2)CC1. The molecule has 2 aromatic rings. The fraction of sp³-hybridized carbons (Fsp3) is 0.474. The van der Waals surface area contributed by atoms with E-state index in [2.05, 4.69) is 50.9 Å². The highest BCUT2D eigenvalue weighted by molar-refractivity contribution is 5.46. The van der Waals surface area contributed by atoms with Crippen LogP contribution in [0.5, 0.6) is 0 Å². The van der Waals surface area contributed by atoms with Gasteiger partial charge in [-0.05, 0) is 24.2 Å². The molecule has 25 heavy (non-hydrogen) atoms. The third-order valence-corrected chi connectivity index (χ3v) is 4.74. The van der Waals surface area contributed by atoms with E-state index in [4.69, 9.17) is 4.98 Å². The van der Waals surface area contributed by atoms with Crippen LogP contribution in [0.25, 0.3) is 0 Å². The van der Waals surface area contributed by atoms with Gasteiger partial charge in [-0.15, -0.1) is 0 Å². The highest BCUT2D eigenvalue weighted by Crippen LogP contribution is 2.16. The average molecular weight is 341 g/mol. The fourth-order valence-corrected chi connectivity index (χ4v) is 3.13. The summed E-state index contributed by atoms with van der Waals surface area (Å²) in [6.07, 6.45) is 0.666. The van der Waals surface area contributed by atoms with Gasteiger partial charge < -0.3 is 14.7 Å². The van der Waals surface area contributed by atoms with Gasteiger partial charge in [-0.2, -0.15) is 0 Å². The predicted octanol–water partition coefficient (Wildman–Crippen LogP) is 1.57. The highest BCUT2D eigenvalue weighted by atomic mass is 16.1. The molecular formula is C19H27N5O. The van der Waals surface area contributed by atoms with E-state index < -0.39 is 0 Å². The number of nitrogens with zero attached hydrogens (tertiary/aromatic N) is 4. The van der Waals surface area contributed by atoms with Crippen molar-refractivity contribution in [1.82, 2.24) is 14.9 Å². The summed E-state index contributed by atoms with van der Waals surface area (Å²) in [5, 5.41) is 0. The molecule has 2 heterocycles. The van der Waals surface area contributed by atoms with Crippen LogP contribution in [0.15, 0.2) is 35.1 Å². The molecule has 0 radical (unpaired) electrons. The minimum Gasteiger partial charge on any atom is -0.378 e. The number of hydrogen-bond donors (Lipinski definition) is 1. The highest BCUT2D eigenvalue weighted by Gasteiger charge is 2.18. The quantitative estimate of drug-likeness (QED) is 0.895. The van der Waals surface area contributed by atoms with Gasteiger partial charge in [0.15, 0.2) is 0 Å². The first kappa shape index (κ1) is 17.5. The van der Waals surface area contributed by atoms with Crippen LogP contribution in [0.2, 0.25) is 0 Å². The lowest BCUT2D eigenvalue weighted by molar-refractivity contribution is 0.270. The van der Waals surface area contributed by atoms with Crippen LogP contribution in [-0.4, -0.2) is 61.7 Å². The van der Waals surface area contributed by atoms with E-state index >= 15 is 0 Å². The number of H-pyrrole nitrogens is 1. The lowest BCUT2D eigenvalue weighted by Crippen LogP contribution is -2.47. The molecule has 0 amide bonds. The molecule has 6 heteroatoms. The number of benzene rings is 1. The number of aromatic amines is 1. The molecule has 1 aliphatic heterocycles. The Labute approximate surface area is 149 Å². The van der Waals surface area contributed by atoms with Gasteiger partial charge in [0.25, 0.3) is 5.56 Å². The number of piperazine rings is 1. The maximum absolute atomic E-state index is 12.1. The van der Waals surface area contributed by atoms with Crippen molar-refractivity contribution in [2.75, 3.05) is 56.6 Å². The van der Waals surface area contributed by atoms with E-state index in [1.165, 1.54) is 0 Å².